The summed E-state index contributed by atoms with van der Waals surface area (Å²) in [4.78, 5) is 2.37. The fraction of sp³-hybridized carbons (Fsp3) is 0.529. The van der Waals surface area contributed by atoms with Gasteiger partial charge in [0, 0.05) is 24.6 Å². The predicted molar refractivity (Wildman–Crippen MR) is 80.8 cm³/mol. The first-order chi connectivity index (χ1) is 9.04. The van der Waals surface area contributed by atoms with Gasteiger partial charge in [-0.05, 0) is 37.6 Å². The van der Waals surface area contributed by atoms with Crippen LogP contribution in [-0.2, 0) is 6.54 Å². The van der Waals surface area contributed by atoms with Crippen LogP contribution in [0.5, 0.6) is 0 Å². The molecule has 1 aromatic rings. The highest BCUT2D eigenvalue weighted by Crippen LogP contribution is 2.12. The fourth-order valence-electron chi connectivity index (χ4n) is 1.85. The Balaban J connectivity index is 2.60. The summed E-state index contributed by atoms with van der Waals surface area (Å²) in [6, 6.07) is 8.93. The third kappa shape index (κ3) is 5.46. The molecule has 2 nitrogen and oxygen atoms in total. The Morgan fingerprint density at radius 3 is 2.32 bits per heavy atom. The number of aliphatic hydroxyl groups excluding tert-OH is 1. The summed E-state index contributed by atoms with van der Waals surface area (Å²) in [5, 5.41) is 8.68. The van der Waals surface area contributed by atoms with Crippen LogP contribution in [0.3, 0.4) is 0 Å². The van der Waals surface area contributed by atoms with E-state index in [1.165, 1.54) is 5.56 Å². The summed E-state index contributed by atoms with van der Waals surface area (Å²) in [5.41, 5.74) is 2.32. The second kappa shape index (κ2) is 7.99. The van der Waals surface area contributed by atoms with Crippen LogP contribution in [0.4, 0.5) is 0 Å². The number of hydrogen-bond acceptors (Lipinski definition) is 2. The molecule has 0 fully saturated rings. The zero-order valence-corrected chi connectivity index (χ0v) is 12.5. The quantitative estimate of drug-likeness (QED) is 0.822. The number of hydrogen-bond donors (Lipinski definition) is 1. The molecule has 0 aliphatic heterocycles. The summed E-state index contributed by atoms with van der Waals surface area (Å²) in [5.74, 6) is 6.64. The molecule has 0 amide bonds. The molecule has 0 aliphatic carbocycles. The maximum absolute atomic E-state index is 8.68. The van der Waals surface area contributed by atoms with Gasteiger partial charge in [0.2, 0.25) is 0 Å². The highest BCUT2D eigenvalue weighted by Gasteiger charge is 2.12. The molecule has 19 heavy (non-hydrogen) atoms. The second-order valence-electron chi connectivity index (χ2n) is 5.37. The molecule has 0 bridgehead atoms. The van der Waals surface area contributed by atoms with E-state index in [-0.39, 0.29) is 6.61 Å². The normalized spacial score (nSPS) is 12.4. The minimum atomic E-state index is 0.128. The van der Waals surface area contributed by atoms with Gasteiger partial charge >= 0.3 is 0 Å². The van der Waals surface area contributed by atoms with E-state index in [1.807, 2.05) is 12.1 Å². The zero-order valence-electron chi connectivity index (χ0n) is 12.5. The third-order valence-corrected chi connectivity index (χ3v) is 3.52. The standard InChI is InChI=1S/C17H25NO/c1-14(2)15(3)18(4)13-17-10-8-16(9-11-17)7-5-6-12-19/h8-11,14-15,19H,6,12-13H2,1-4H3. The largest absolute Gasteiger partial charge is 0.395 e. The molecular formula is C17H25NO. The van der Waals surface area contributed by atoms with E-state index in [9.17, 15) is 0 Å². The SMILES string of the molecule is CC(C)C(C)N(C)Cc1ccc(C#CCCO)cc1. The number of rotatable bonds is 5. The van der Waals surface area contributed by atoms with Crippen molar-refractivity contribution in [3.05, 3.63) is 35.4 Å². The van der Waals surface area contributed by atoms with Gasteiger partial charge in [0.25, 0.3) is 0 Å². The van der Waals surface area contributed by atoms with E-state index in [4.69, 9.17) is 5.11 Å². The molecule has 1 aromatic carbocycles. The molecule has 1 rings (SSSR count). The average Bonchev–Trinajstić information content (AvgIpc) is 2.40. The van der Waals surface area contributed by atoms with Crippen LogP contribution in [-0.4, -0.2) is 29.7 Å². The van der Waals surface area contributed by atoms with Gasteiger partial charge in [0.15, 0.2) is 0 Å². The van der Waals surface area contributed by atoms with Crippen molar-refractivity contribution in [3.8, 4) is 11.8 Å². The van der Waals surface area contributed by atoms with Crippen molar-refractivity contribution in [2.24, 2.45) is 5.92 Å². The van der Waals surface area contributed by atoms with Crippen LogP contribution in [0, 0.1) is 17.8 Å². The predicted octanol–water partition coefficient (Wildman–Crippen LogP) is 2.90. The van der Waals surface area contributed by atoms with Crippen molar-refractivity contribution in [2.45, 2.75) is 39.8 Å². The summed E-state index contributed by atoms with van der Waals surface area (Å²) < 4.78 is 0. The van der Waals surface area contributed by atoms with Crippen molar-refractivity contribution in [2.75, 3.05) is 13.7 Å². The van der Waals surface area contributed by atoms with Gasteiger partial charge in [-0.25, -0.2) is 0 Å². The summed E-state index contributed by atoms with van der Waals surface area (Å²) in [6.07, 6.45) is 0.538. The minimum absolute atomic E-state index is 0.128. The molecule has 2 heteroatoms. The summed E-state index contributed by atoms with van der Waals surface area (Å²) in [7, 11) is 2.17. The average molecular weight is 259 g/mol. The smallest absolute Gasteiger partial charge is 0.0540 e. The Bertz CT molecular complexity index is 425. The van der Waals surface area contributed by atoms with Crippen molar-refractivity contribution < 1.29 is 5.11 Å². The third-order valence-electron chi connectivity index (χ3n) is 3.52. The minimum Gasteiger partial charge on any atom is -0.395 e. The maximum atomic E-state index is 8.68. The van der Waals surface area contributed by atoms with Crippen molar-refractivity contribution in [1.29, 1.82) is 0 Å². The van der Waals surface area contributed by atoms with E-state index in [2.05, 4.69) is 56.7 Å². The monoisotopic (exact) mass is 259 g/mol. The molecule has 0 aromatic heterocycles. The molecule has 1 N–H and O–H groups in total. The van der Waals surface area contributed by atoms with Gasteiger partial charge in [-0.15, -0.1) is 0 Å². The van der Waals surface area contributed by atoms with Gasteiger partial charge in [0.1, 0.15) is 0 Å². The van der Waals surface area contributed by atoms with Crippen molar-refractivity contribution in [3.63, 3.8) is 0 Å². The zero-order chi connectivity index (χ0) is 14.3. The molecule has 1 atom stereocenters. The molecule has 1 unspecified atom stereocenters. The van der Waals surface area contributed by atoms with Crippen molar-refractivity contribution >= 4 is 0 Å². The Morgan fingerprint density at radius 1 is 1.16 bits per heavy atom. The van der Waals surface area contributed by atoms with Crippen LogP contribution in [0.1, 0.15) is 38.3 Å². The van der Waals surface area contributed by atoms with E-state index < -0.39 is 0 Å². The van der Waals surface area contributed by atoms with E-state index in [1.54, 1.807) is 0 Å². The van der Waals surface area contributed by atoms with E-state index in [0.29, 0.717) is 18.4 Å². The highest BCUT2D eigenvalue weighted by atomic mass is 16.2. The highest BCUT2D eigenvalue weighted by molar-refractivity contribution is 5.36. The molecule has 0 saturated heterocycles. The van der Waals surface area contributed by atoms with E-state index >= 15 is 0 Å². The van der Waals surface area contributed by atoms with Gasteiger partial charge in [-0.1, -0.05) is 37.8 Å². The Morgan fingerprint density at radius 2 is 1.79 bits per heavy atom. The first kappa shape index (κ1) is 15.8. The molecule has 104 valence electrons. The molecule has 0 spiro atoms. The Kier molecular flexibility index (Phi) is 6.62. The fourth-order valence-corrected chi connectivity index (χ4v) is 1.85. The van der Waals surface area contributed by atoms with Crippen LogP contribution in [0.15, 0.2) is 24.3 Å². The summed E-state index contributed by atoms with van der Waals surface area (Å²) >= 11 is 0. The molecule has 0 radical (unpaired) electrons. The van der Waals surface area contributed by atoms with Gasteiger partial charge < -0.3 is 5.11 Å². The lowest BCUT2D eigenvalue weighted by molar-refractivity contribution is 0.200. The Labute approximate surface area is 117 Å². The van der Waals surface area contributed by atoms with Crippen LogP contribution < -0.4 is 0 Å². The topological polar surface area (TPSA) is 23.5 Å². The molecule has 0 aliphatic rings. The lowest BCUT2D eigenvalue weighted by Crippen LogP contribution is -2.32. The van der Waals surface area contributed by atoms with E-state index in [0.717, 1.165) is 12.1 Å². The second-order valence-corrected chi connectivity index (χ2v) is 5.37. The number of nitrogens with zero attached hydrogens (tertiary/aromatic N) is 1. The molecule has 0 heterocycles. The Hall–Kier alpha value is -1.30. The first-order valence-corrected chi connectivity index (χ1v) is 6.93. The molecule has 0 saturated carbocycles. The van der Waals surface area contributed by atoms with Crippen LogP contribution >= 0.6 is 0 Å². The maximum Gasteiger partial charge on any atom is 0.0540 e. The van der Waals surface area contributed by atoms with Gasteiger partial charge in [-0.3, -0.25) is 4.90 Å². The molecular weight excluding hydrogens is 234 g/mol. The first-order valence-electron chi connectivity index (χ1n) is 6.93. The van der Waals surface area contributed by atoms with Crippen LogP contribution in [0.25, 0.3) is 0 Å². The van der Waals surface area contributed by atoms with Gasteiger partial charge in [0.05, 0.1) is 6.61 Å². The lowest BCUT2D eigenvalue weighted by atomic mass is 10.0. The lowest BCUT2D eigenvalue weighted by Gasteiger charge is -2.27. The number of benzene rings is 1. The van der Waals surface area contributed by atoms with Gasteiger partial charge in [-0.2, -0.15) is 0 Å². The number of aliphatic hydroxyl groups is 1. The van der Waals surface area contributed by atoms with Crippen molar-refractivity contribution in [1.82, 2.24) is 4.90 Å². The van der Waals surface area contributed by atoms with Crippen LogP contribution in [0.2, 0.25) is 0 Å². The summed E-state index contributed by atoms with van der Waals surface area (Å²) in [6.45, 7) is 7.86.